The van der Waals surface area contributed by atoms with E-state index in [0.717, 1.165) is 12.1 Å². The third-order valence-electron chi connectivity index (χ3n) is 8.81. The lowest BCUT2D eigenvalue weighted by atomic mass is 9.82. The second kappa shape index (κ2) is 13.8. The molecule has 0 unspecified atom stereocenters. The molecule has 1 aliphatic rings. The van der Waals surface area contributed by atoms with Crippen LogP contribution in [0, 0.1) is 26.2 Å². The first-order valence-electron chi connectivity index (χ1n) is 16.6. The summed E-state index contributed by atoms with van der Waals surface area (Å²) in [5.41, 5.74) is -0.896. The van der Waals surface area contributed by atoms with Crippen molar-refractivity contribution in [3.05, 3.63) is 92.9 Å². The summed E-state index contributed by atoms with van der Waals surface area (Å²) in [6, 6.07) is 11.6. The minimum absolute atomic E-state index is 0.0181. The molecule has 296 valence electrons. The van der Waals surface area contributed by atoms with E-state index in [9.17, 15) is 47.3 Å². The number of fused-ring (bicyclic) bond motifs is 2. The van der Waals surface area contributed by atoms with Gasteiger partial charge in [-0.2, -0.15) is 25.3 Å². The van der Waals surface area contributed by atoms with Crippen molar-refractivity contribution in [3.63, 3.8) is 0 Å². The number of aryl methyl sites for hydroxylation is 2. The monoisotopic (exact) mass is 834 g/mol. The molecule has 0 aromatic heterocycles. The number of benzene rings is 4. The molecule has 0 bridgehead atoms. The van der Waals surface area contributed by atoms with Gasteiger partial charge in [-0.05, 0) is 92.6 Å². The van der Waals surface area contributed by atoms with Crippen LogP contribution in [0.3, 0.4) is 0 Å². The van der Waals surface area contributed by atoms with E-state index in [-0.39, 0.29) is 71.4 Å². The molecule has 0 saturated carbocycles. The highest BCUT2D eigenvalue weighted by Gasteiger charge is 2.35. The zero-order valence-corrected chi connectivity index (χ0v) is 34.5. The third kappa shape index (κ3) is 8.66. The van der Waals surface area contributed by atoms with Crippen LogP contribution in [-0.4, -0.2) is 52.9 Å². The van der Waals surface area contributed by atoms with E-state index in [4.69, 9.17) is 4.74 Å². The topological polar surface area (TPSA) is 231 Å². The van der Waals surface area contributed by atoms with E-state index in [1.165, 1.54) is 56.3 Å². The Bertz CT molecular complexity index is 2860. The second-order valence-electron chi connectivity index (χ2n) is 15.4. The zero-order valence-electron chi connectivity index (χ0n) is 31.3. The van der Waals surface area contributed by atoms with Gasteiger partial charge in [-0.25, -0.2) is 13.1 Å². The normalized spacial score (nSPS) is 13.9. The maximum atomic E-state index is 14.3. The van der Waals surface area contributed by atoms with Crippen molar-refractivity contribution in [3.8, 4) is 11.5 Å². The minimum Gasteiger partial charge on any atom is -0.456 e. The highest BCUT2D eigenvalue weighted by molar-refractivity contribution is 7.89. The van der Waals surface area contributed by atoms with E-state index in [2.05, 4.69) is 16.6 Å². The summed E-state index contributed by atoms with van der Waals surface area (Å²) in [7, 11) is -19.1. The molecule has 0 fully saturated rings. The lowest BCUT2D eigenvalue weighted by Crippen LogP contribution is -2.45. The van der Waals surface area contributed by atoms with Gasteiger partial charge in [-0.3, -0.25) is 13.7 Å². The number of hydrogen-bond acceptors (Lipinski definition) is 10. The molecule has 0 radical (unpaired) electrons. The van der Waals surface area contributed by atoms with Gasteiger partial charge in [0.2, 0.25) is 10.0 Å². The number of sulfonamides is 1. The van der Waals surface area contributed by atoms with Crippen molar-refractivity contribution in [2.75, 3.05) is 5.32 Å². The van der Waals surface area contributed by atoms with E-state index in [0.29, 0.717) is 12.0 Å². The Morgan fingerprint density at radius 1 is 0.691 bits per heavy atom. The second-order valence-corrected chi connectivity index (χ2v) is 21.2. The maximum Gasteiger partial charge on any atom is 0.296 e. The van der Waals surface area contributed by atoms with Crippen LogP contribution in [0.5, 0.6) is 11.5 Å². The van der Waals surface area contributed by atoms with Gasteiger partial charge in [-0.15, -0.1) is 0 Å². The molecule has 5 rings (SSSR count). The van der Waals surface area contributed by atoms with E-state index >= 15 is 0 Å². The van der Waals surface area contributed by atoms with Crippen molar-refractivity contribution < 1.29 is 52.1 Å². The molecule has 18 heteroatoms. The number of rotatable bonds is 10. The number of ether oxygens (including phenoxy) is 1. The average molecular weight is 835 g/mol. The SMILES string of the molecule is C=c1cc2c(cc1S(=O)(=O)O)=C(c1ccccc1S(=O)(=O)NC(C)(C)CC(C)(C)C)c1cc(S(=O)(=O)O)c(Nc3c(C)cc(C)c(S(=O)(=O)O)c3C)cc1O2. The third-order valence-corrected chi connectivity index (χ3v) is 13.5. The fourth-order valence-corrected chi connectivity index (χ4v) is 11.3. The largest absolute Gasteiger partial charge is 0.456 e. The Labute approximate surface area is 321 Å². The number of hydrogen-bond donors (Lipinski definition) is 5. The Morgan fingerprint density at radius 3 is 1.85 bits per heavy atom. The lowest BCUT2D eigenvalue weighted by Gasteiger charge is -2.33. The zero-order chi connectivity index (χ0) is 41.4. The van der Waals surface area contributed by atoms with Crippen molar-refractivity contribution in [2.24, 2.45) is 5.41 Å². The van der Waals surface area contributed by atoms with Crippen LogP contribution in [0.4, 0.5) is 11.4 Å². The van der Waals surface area contributed by atoms with Gasteiger partial charge >= 0.3 is 0 Å². The molecule has 4 aromatic carbocycles. The fourth-order valence-electron chi connectivity index (χ4n) is 7.41. The quantitative estimate of drug-likeness (QED) is 0.112. The van der Waals surface area contributed by atoms with Crippen LogP contribution in [0.2, 0.25) is 0 Å². The van der Waals surface area contributed by atoms with Crippen LogP contribution in [0.1, 0.15) is 68.9 Å². The summed E-state index contributed by atoms with van der Waals surface area (Å²) in [6.45, 7) is 17.5. The number of nitrogens with one attached hydrogen (secondary N) is 2. The van der Waals surface area contributed by atoms with E-state index in [1.54, 1.807) is 20.8 Å². The molecule has 14 nitrogen and oxygen atoms in total. The van der Waals surface area contributed by atoms with E-state index < -0.39 is 60.6 Å². The fraction of sp³-hybridized carbons (Fsp3) is 0.297. The summed E-state index contributed by atoms with van der Waals surface area (Å²) in [5, 5.41) is 2.63. The number of anilines is 2. The molecule has 0 amide bonds. The van der Waals surface area contributed by atoms with Crippen molar-refractivity contribution in [1.82, 2.24) is 4.72 Å². The molecular weight excluding hydrogens is 793 g/mol. The van der Waals surface area contributed by atoms with Gasteiger partial charge in [0.1, 0.15) is 26.2 Å². The smallest absolute Gasteiger partial charge is 0.296 e. The summed E-state index contributed by atoms with van der Waals surface area (Å²) in [4.78, 5) is -2.06. The van der Waals surface area contributed by atoms with Gasteiger partial charge in [0.15, 0.2) is 0 Å². The Balaban J connectivity index is 1.88. The van der Waals surface area contributed by atoms with Crippen molar-refractivity contribution in [2.45, 2.75) is 86.9 Å². The molecule has 55 heavy (non-hydrogen) atoms. The van der Waals surface area contributed by atoms with Crippen LogP contribution in [0.25, 0.3) is 12.2 Å². The van der Waals surface area contributed by atoms with Crippen LogP contribution in [0.15, 0.2) is 74.2 Å². The molecule has 1 aliphatic heterocycles. The molecule has 1 heterocycles. The highest BCUT2D eigenvalue weighted by atomic mass is 32.2. The van der Waals surface area contributed by atoms with Gasteiger partial charge in [0, 0.05) is 39.2 Å². The summed E-state index contributed by atoms with van der Waals surface area (Å²) in [5.74, 6) is -0.142. The van der Waals surface area contributed by atoms with Gasteiger partial charge in [-0.1, -0.05) is 51.6 Å². The predicted molar refractivity (Wildman–Crippen MR) is 208 cm³/mol. The van der Waals surface area contributed by atoms with Crippen LogP contribution in [-0.2, 0) is 40.4 Å². The Kier molecular flexibility index (Phi) is 10.5. The van der Waals surface area contributed by atoms with E-state index in [1.807, 2.05) is 20.8 Å². The standard InChI is InChI=1S/C37H42N2O12S4/c1-20-15-28-25(16-31(20)53(42,43)44)33(24-12-10-11-13-30(24)52(40,41)39-37(8,9)19-36(5,6)7)26-17-32(54(45,46)47)27(18-29(26)51-28)38-34-21(2)14-22(3)35(23(34)4)55(48,49)50/h10-18,38-39H,1,19H2,2-9H3,(H,42,43,44)(H,45,46,47)(H,48,49,50). The minimum atomic E-state index is -5.14. The summed E-state index contributed by atoms with van der Waals surface area (Å²) < 4.78 is 144. The highest BCUT2D eigenvalue weighted by Crippen LogP contribution is 2.44. The predicted octanol–water partition coefficient (Wildman–Crippen LogP) is 5.35. The molecule has 0 saturated heterocycles. The Hall–Kier alpha value is -4.14. The lowest BCUT2D eigenvalue weighted by molar-refractivity contribution is 0.269. The first-order valence-corrected chi connectivity index (χ1v) is 22.4. The van der Waals surface area contributed by atoms with Gasteiger partial charge in [0.05, 0.1) is 10.6 Å². The maximum absolute atomic E-state index is 14.3. The average Bonchev–Trinajstić information content (AvgIpc) is 2.97. The molecule has 0 spiro atoms. The van der Waals surface area contributed by atoms with Crippen molar-refractivity contribution >= 4 is 63.9 Å². The Morgan fingerprint density at radius 2 is 1.29 bits per heavy atom. The van der Waals surface area contributed by atoms with Gasteiger partial charge < -0.3 is 10.1 Å². The summed E-state index contributed by atoms with van der Waals surface area (Å²) in [6.07, 6.45) is 0.431. The molecule has 5 N–H and O–H groups in total. The summed E-state index contributed by atoms with van der Waals surface area (Å²) >= 11 is 0. The van der Waals surface area contributed by atoms with Crippen LogP contribution >= 0.6 is 0 Å². The first kappa shape index (κ1) is 42.0. The molecule has 4 aromatic rings. The van der Waals surface area contributed by atoms with Crippen molar-refractivity contribution in [1.29, 1.82) is 0 Å². The van der Waals surface area contributed by atoms with Gasteiger partial charge in [0.25, 0.3) is 30.4 Å². The molecular formula is C37H42N2O12S4. The first-order chi connectivity index (χ1) is 24.9. The van der Waals surface area contributed by atoms with Crippen LogP contribution < -0.4 is 25.2 Å². The molecule has 0 aliphatic carbocycles. The molecule has 0 atom stereocenters.